The molecule has 6 nitrogen and oxygen atoms in total. The van der Waals surface area contributed by atoms with E-state index in [9.17, 15) is 9.59 Å². The highest BCUT2D eigenvalue weighted by molar-refractivity contribution is 8.18. The molecule has 37 heavy (non-hydrogen) atoms. The van der Waals surface area contributed by atoms with Crippen molar-refractivity contribution in [3.05, 3.63) is 106 Å². The first-order valence-corrected chi connectivity index (χ1v) is 12.8. The standard InChI is InChI=1S/C29H26ClNO5S/c1-3-7-22-16-21(17-25(34-2)27(22)36-19-20-8-5-4-6-9-20)18-26-28(32)31(29(33)37-26)14-15-35-24-12-10-23(30)11-13-24/h3-6,8-13,16-18H,1,7,14-15,19H2,2H3/b26-18-. The van der Waals surface area contributed by atoms with Crippen LogP contribution in [0.25, 0.3) is 6.08 Å². The number of hydrogen-bond donors (Lipinski definition) is 0. The molecule has 2 amide bonds. The van der Waals surface area contributed by atoms with E-state index in [4.69, 9.17) is 25.8 Å². The topological polar surface area (TPSA) is 65.1 Å². The lowest BCUT2D eigenvalue weighted by molar-refractivity contribution is -0.123. The van der Waals surface area contributed by atoms with Gasteiger partial charge >= 0.3 is 0 Å². The van der Waals surface area contributed by atoms with Gasteiger partial charge in [0.15, 0.2) is 11.5 Å². The van der Waals surface area contributed by atoms with E-state index in [0.717, 1.165) is 28.5 Å². The molecule has 0 bridgehead atoms. The lowest BCUT2D eigenvalue weighted by atomic mass is 10.0. The van der Waals surface area contributed by atoms with Crippen LogP contribution >= 0.6 is 23.4 Å². The zero-order chi connectivity index (χ0) is 26.2. The zero-order valence-electron chi connectivity index (χ0n) is 20.3. The second-order valence-corrected chi connectivity index (χ2v) is 9.54. The molecule has 0 N–H and O–H groups in total. The molecule has 1 fully saturated rings. The van der Waals surface area contributed by atoms with Crippen LogP contribution in [-0.4, -0.2) is 36.3 Å². The minimum Gasteiger partial charge on any atom is -0.493 e. The van der Waals surface area contributed by atoms with Gasteiger partial charge in [-0.15, -0.1) is 6.58 Å². The zero-order valence-corrected chi connectivity index (χ0v) is 21.9. The van der Waals surface area contributed by atoms with E-state index >= 15 is 0 Å². The summed E-state index contributed by atoms with van der Waals surface area (Å²) in [6, 6.07) is 20.5. The molecule has 0 unspecified atom stereocenters. The number of benzene rings is 3. The first kappa shape index (κ1) is 26.4. The number of imide groups is 1. The quantitative estimate of drug-likeness (QED) is 0.199. The number of carbonyl (C=O) groups is 2. The third-order valence-corrected chi connectivity index (χ3v) is 6.69. The Labute approximate surface area is 225 Å². The highest BCUT2D eigenvalue weighted by Crippen LogP contribution is 2.37. The van der Waals surface area contributed by atoms with Crippen LogP contribution in [-0.2, 0) is 17.8 Å². The van der Waals surface area contributed by atoms with Crippen molar-refractivity contribution < 1.29 is 23.8 Å². The summed E-state index contributed by atoms with van der Waals surface area (Å²) >= 11 is 6.79. The van der Waals surface area contributed by atoms with Crippen molar-refractivity contribution in [3.8, 4) is 17.2 Å². The second kappa shape index (κ2) is 12.5. The molecule has 1 aliphatic heterocycles. The lowest BCUT2D eigenvalue weighted by Crippen LogP contribution is -2.32. The molecular formula is C29H26ClNO5S. The molecule has 4 rings (SSSR count). The number of rotatable bonds is 11. The maximum atomic E-state index is 13.0. The van der Waals surface area contributed by atoms with Gasteiger partial charge in [-0.25, -0.2) is 0 Å². The predicted octanol–water partition coefficient (Wildman–Crippen LogP) is 6.77. The number of amides is 2. The SMILES string of the molecule is C=CCc1cc(/C=C2\SC(=O)N(CCOc3ccc(Cl)cc3)C2=O)cc(OC)c1OCc1ccccc1. The van der Waals surface area contributed by atoms with Crippen LogP contribution in [0.5, 0.6) is 17.2 Å². The maximum Gasteiger partial charge on any atom is 0.293 e. The van der Waals surface area contributed by atoms with E-state index in [-0.39, 0.29) is 24.3 Å². The first-order valence-electron chi connectivity index (χ1n) is 11.6. The number of hydrogen-bond acceptors (Lipinski definition) is 6. The summed E-state index contributed by atoms with van der Waals surface area (Å²) in [6.07, 6.45) is 4.02. The molecule has 1 saturated heterocycles. The molecule has 0 aromatic heterocycles. The van der Waals surface area contributed by atoms with Crippen LogP contribution < -0.4 is 14.2 Å². The Bertz CT molecular complexity index is 1310. The van der Waals surface area contributed by atoms with Gasteiger partial charge in [0.2, 0.25) is 0 Å². The molecule has 190 valence electrons. The summed E-state index contributed by atoms with van der Waals surface area (Å²) in [5, 5.41) is 0.268. The van der Waals surface area contributed by atoms with Gasteiger partial charge in [0.1, 0.15) is 19.0 Å². The normalized spacial score (nSPS) is 14.2. The third kappa shape index (κ3) is 6.76. The fourth-order valence-electron chi connectivity index (χ4n) is 3.75. The molecule has 0 atom stereocenters. The highest BCUT2D eigenvalue weighted by Gasteiger charge is 2.35. The van der Waals surface area contributed by atoms with Gasteiger partial charge in [0.05, 0.1) is 18.6 Å². The van der Waals surface area contributed by atoms with Crippen LogP contribution in [0.1, 0.15) is 16.7 Å². The predicted molar refractivity (Wildman–Crippen MR) is 147 cm³/mol. The lowest BCUT2D eigenvalue weighted by Gasteiger charge is -2.16. The van der Waals surface area contributed by atoms with Gasteiger partial charge < -0.3 is 14.2 Å². The Morgan fingerprint density at radius 2 is 1.78 bits per heavy atom. The van der Waals surface area contributed by atoms with Gasteiger partial charge in [0.25, 0.3) is 11.1 Å². The van der Waals surface area contributed by atoms with E-state index in [1.807, 2.05) is 36.4 Å². The summed E-state index contributed by atoms with van der Waals surface area (Å²) in [7, 11) is 1.57. The number of nitrogens with zero attached hydrogens (tertiary/aromatic N) is 1. The van der Waals surface area contributed by atoms with Crippen LogP contribution in [0.2, 0.25) is 5.02 Å². The Morgan fingerprint density at radius 3 is 2.49 bits per heavy atom. The number of halogens is 1. The van der Waals surface area contributed by atoms with E-state index in [2.05, 4.69) is 6.58 Å². The van der Waals surface area contributed by atoms with Gasteiger partial charge in [0, 0.05) is 10.6 Å². The summed E-state index contributed by atoms with van der Waals surface area (Å²) in [4.78, 5) is 27.0. The Hall–Kier alpha value is -3.68. The van der Waals surface area contributed by atoms with Gasteiger partial charge in [-0.3, -0.25) is 14.5 Å². The van der Waals surface area contributed by atoms with E-state index in [1.54, 1.807) is 49.6 Å². The smallest absolute Gasteiger partial charge is 0.293 e. The molecule has 1 heterocycles. The molecule has 0 radical (unpaired) electrons. The van der Waals surface area contributed by atoms with Crippen molar-refractivity contribution in [2.45, 2.75) is 13.0 Å². The average Bonchev–Trinajstić information content (AvgIpc) is 3.17. The number of methoxy groups -OCH3 is 1. The van der Waals surface area contributed by atoms with Crippen molar-refractivity contribution in [1.29, 1.82) is 0 Å². The van der Waals surface area contributed by atoms with E-state index in [0.29, 0.717) is 40.2 Å². The van der Waals surface area contributed by atoms with Crippen LogP contribution in [0.15, 0.2) is 84.3 Å². The Morgan fingerprint density at radius 1 is 1.03 bits per heavy atom. The van der Waals surface area contributed by atoms with Crippen LogP contribution in [0.3, 0.4) is 0 Å². The van der Waals surface area contributed by atoms with E-state index < -0.39 is 0 Å². The molecule has 1 aliphatic rings. The number of thioether (sulfide) groups is 1. The molecule has 8 heteroatoms. The van der Waals surface area contributed by atoms with Crippen molar-refractivity contribution >= 4 is 40.6 Å². The molecule has 0 aliphatic carbocycles. The van der Waals surface area contributed by atoms with Crippen LogP contribution in [0, 0.1) is 0 Å². The van der Waals surface area contributed by atoms with Crippen molar-refractivity contribution in [2.24, 2.45) is 0 Å². The van der Waals surface area contributed by atoms with Gasteiger partial charge in [-0.1, -0.05) is 48.0 Å². The monoisotopic (exact) mass is 535 g/mol. The minimum absolute atomic E-state index is 0.141. The number of allylic oxidation sites excluding steroid dienone is 1. The molecular weight excluding hydrogens is 510 g/mol. The fourth-order valence-corrected chi connectivity index (χ4v) is 4.74. The second-order valence-electron chi connectivity index (χ2n) is 8.11. The Balaban J connectivity index is 1.49. The summed E-state index contributed by atoms with van der Waals surface area (Å²) in [5.74, 6) is 1.42. The summed E-state index contributed by atoms with van der Waals surface area (Å²) in [6.45, 7) is 4.56. The maximum absolute atomic E-state index is 13.0. The Kier molecular flexibility index (Phi) is 8.93. The molecule has 3 aromatic carbocycles. The summed E-state index contributed by atoms with van der Waals surface area (Å²) < 4.78 is 17.4. The van der Waals surface area contributed by atoms with Crippen LogP contribution in [0.4, 0.5) is 4.79 Å². The largest absolute Gasteiger partial charge is 0.493 e. The van der Waals surface area contributed by atoms with Gasteiger partial charge in [-0.2, -0.15) is 0 Å². The number of carbonyl (C=O) groups excluding carboxylic acids is 2. The number of ether oxygens (including phenoxy) is 3. The fraction of sp³-hybridized carbons (Fsp3) is 0.172. The van der Waals surface area contributed by atoms with Crippen molar-refractivity contribution in [3.63, 3.8) is 0 Å². The highest BCUT2D eigenvalue weighted by atomic mass is 35.5. The molecule has 3 aromatic rings. The molecule has 0 spiro atoms. The summed E-state index contributed by atoms with van der Waals surface area (Å²) in [5.41, 5.74) is 2.63. The molecule has 0 saturated carbocycles. The first-order chi connectivity index (χ1) is 18.0. The average molecular weight is 536 g/mol. The van der Waals surface area contributed by atoms with Crippen molar-refractivity contribution in [1.82, 2.24) is 4.90 Å². The van der Waals surface area contributed by atoms with Crippen molar-refractivity contribution in [2.75, 3.05) is 20.3 Å². The van der Waals surface area contributed by atoms with Gasteiger partial charge in [-0.05, 0) is 71.8 Å². The van der Waals surface area contributed by atoms with E-state index in [1.165, 1.54) is 4.90 Å². The third-order valence-electron chi connectivity index (χ3n) is 5.53. The minimum atomic E-state index is -0.358.